The third-order valence-corrected chi connectivity index (χ3v) is 2.94. The molecule has 2 rings (SSSR count). The van der Waals surface area contributed by atoms with Crippen LogP contribution in [0.3, 0.4) is 0 Å². The van der Waals surface area contributed by atoms with Gasteiger partial charge in [0, 0.05) is 25.8 Å². The number of rotatable bonds is 3. The van der Waals surface area contributed by atoms with Crippen molar-refractivity contribution in [2.45, 2.75) is 19.9 Å². The topological polar surface area (TPSA) is 28.2 Å². The molecule has 82 valence electrons. The zero-order valence-electron chi connectivity index (χ0n) is 9.53. The highest BCUT2D eigenvalue weighted by Gasteiger charge is 2.19. The van der Waals surface area contributed by atoms with Crippen LogP contribution in [0.25, 0.3) is 0 Å². The highest BCUT2D eigenvalue weighted by molar-refractivity contribution is 5.42. The average molecular weight is 205 g/mol. The third-order valence-electron chi connectivity index (χ3n) is 2.94. The largest absolute Gasteiger partial charge is 0.356 e. The van der Waals surface area contributed by atoms with Crippen molar-refractivity contribution in [2.75, 3.05) is 25.0 Å². The molecule has 1 N–H and O–H groups in total. The van der Waals surface area contributed by atoms with E-state index in [-0.39, 0.29) is 0 Å². The number of aromatic nitrogens is 1. The van der Waals surface area contributed by atoms with Gasteiger partial charge in [-0.2, -0.15) is 0 Å². The van der Waals surface area contributed by atoms with Crippen LogP contribution in [0.4, 0.5) is 5.82 Å². The fourth-order valence-electron chi connectivity index (χ4n) is 2.09. The first-order chi connectivity index (χ1) is 7.29. The van der Waals surface area contributed by atoms with Crippen molar-refractivity contribution in [3.63, 3.8) is 0 Å². The molecule has 0 saturated carbocycles. The lowest BCUT2D eigenvalue weighted by molar-refractivity contribution is 0.659. The van der Waals surface area contributed by atoms with E-state index in [1.807, 2.05) is 13.2 Å². The summed E-state index contributed by atoms with van der Waals surface area (Å²) in [6.45, 7) is 5.52. The van der Waals surface area contributed by atoms with E-state index in [0.29, 0.717) is 0 Å². The Morgan fingerprint density at radius 3 is 3.13 bits per heavy atom. The Morgan fingerprint density at radius 1 is 1.60 bits per heavy atom. The van der Waals surface area contributed by atoms with E-state index in [0.717, 1.165) is 31.4 Å². The van der Waals surface area contributed by atoms with Gasteiger partial charge in [0.1, 0.15) is 5.82 Å². The molecule has 0 aliphatic carbocycles. The Morgan fingerprint density at radius 2 is 2.47 bits per heavy atom. The van der Waals surface area contributed by atoms with Crippen LogP contribution in [0.15, 0.2) is 18.3 Å². The molecule has 0 radical (unpaired) electrons. The van der Waals surface area contributed by atoms with E-state index in [4.69, 9.17) is 0 Å². The van der Waals surface area contributed by atoms with Crippen LogP contribution < -0.4 is 10.2 Å². The van der Waals surface area contributed by atoms with E-state index < -0.39 is 0 Å². The molecule has 1 aromatic heterocycles. The van der Waals surface area contributed by atoms with Crippen LogP contribution in [-0.2, 0) is 6.54 Å². The summed E-state index contributed by atoms with van der Waals surface area (Å²) >= 11 is 0. The van der Waals surface area contributed by atoms with E-state index in [1.54, 1.807) is 0 Å². The van der Waals surface area contributed by atoms with Gasteiger partial charge in [0.25, 0.3) is 0 Å². The van der Waals surface area contributed by atoms with Gasteiger partial charge in [0.15, 0.2) is 0 Å². The van der Waals surface area contributed by atoms with Gasteiger partial charge in [-0.05, 0) is 37.1 Å². The van der Waals surface area contributed by atoms with Crippen molar-refractivity contribution in [1.29, 1.82) is 0 Å². The molecule has 15 heavy (non-hydrogen) atoms. The lowest BCUT2D eigenvalue weighted by atomic mass is 10.2. The van der Waals surface area contributed by atoms with Crippen molar-refractivity contribution >= 4 is 5.82 Å². The minimum atomic E-state index is 0.805. The first-order valence-corrected chi connectivity index (χ1v) is 5.64. The van der Waals surface area contributed by atoms with Gasteiger partial charge in [-0.25, -0.2) is 4.98 Å². The summed E-state index contributed by atoms with van der Waals surface area (Å²) in [6.07, 6.45) is 3.20. The quantitative estimate of drug-likeness (QED) is 0.813. The molecule has 0 spiro atoms. The van der Waals surface area contributed by atoms with Crippen LogP contribution in [0, 0.1) is 5.92 Å². The first-order valence-electron chi connectivity index (χ1n) is 5.64. The van der Waals surface area contributed by atoms with Crippen molar-refractivity contribution in [2.24, 2.45) is 5.92 Å². The second-order valence-electron chi connectivity index (χ2n) is 4.39. The second kappa shape index (κ2) is 4.62. The van der Waals surface area contributed by atoms with Crippen LogP contribution in [0.1, 0.15) is 18.9 Å². The molecule has 1 atom stereocenters. The number of nitrogens with zero attached hydrogens (tertiary/aromatic N) is 2. The summed E-state index contributed by atoms with van der Waals surface area (Å²) in [5, 5.41) is 3.16. The summed E-state index contributed by atoms with van der Waals surface area (Å²) in [5.74, 6) is 1.94. The van der Waals surface area contributed by atoms with Crippen molar-refractivity contribution in [1.82, 2.24) is 10.3 Å². The summed E-state index contributed by atoms with van der Waals surface area (Å²) in [6, 6.07) is 4.26. The predicted octanol–water partition coefficient (Wildman–Crippen LogP) is 1.65. The lowest BCUT2D eigenvalue weighted by Gasteiger charge is -2.17. The van der Waals surface area contributed by atoms with Crippen LogP contribution in [-0.4, -0.2) is 25.1 Å². The third kappa shape index (κ3) is 2.48. The minimum absolute atomic E-state index is 0.805. The smallest absolute Gasteiger partial charge is 0.128 e. The van der Waals surface area contributed by atoms with Crippen LogP contribution in [0.2, 0.25) is 0 Å². The summed E-state index contributed by atoms with van der Waals surface area (Å²) in [5.41, 5.74) is 1.31. The maximum Gasteiger partial charge on any atom is 0.128 e. The van der Waals surface area contributed by atoms with Gasteiger partial charge >= 0.3 is 0 Å². The fraction of sp³-hybridized carbons (Fsp3) is 0.583. The first kappa shape index (κ1) is 10.4. The highest BCUT2D eigenvalue weighted by atomic mass is 15.2. The normalized spacial score (nSPS) is 20.9. The van der Waals surface area contributed by atoms with E-state index >= 15 is 0 Å². The summed E-state index contributed by atoms with van der Waals surface area (Å²) in [4.78, 5) is 6.82. The number of hydrogen-bond acceptors (Lipinski definition) is 3. The lowest BCUT2D eigenvalue weighted by Crippen LogP contribution is -2.20. The molecule has 1 saturated heterocycles. The Bertz CT molecular complexity index is 324. The molecule has 3 heteroatoms. The van der Waals surface area contributed by atoms with Crippen molar-refractivity contribution in [3.05, 3.63) is 23.9 Å². The number of anilines is 1. The van der Waals surface area contributed by atoms with Crippen LogP contribution in [0.5, 0.6) is 0 Å². The van der Waals surface area contributed by atoms with E-state index in [2.05, 4.69) is 34.3 Å². The standard InChI is InChI=1S/C12H19N3/c1-10-4-6-15(9-10)12-7-11(8-13-2)3-5-14-12/h3,5,7,10,13H,4,6,8-9H2,1-2H3. The highest BCUT2D eigenvalue weighted by Crippen LogP contribution is 2.21. The molecule has 1 fully saturated rings. The molecule has 1 aromatic rings. The Balaban J connectivity index is 2.10. The number of pyridine rings is 1. The van der Waals surface area contributed by atoms with Gasteiger partial charge in [-0.15, -0.1) is 0 Å². The Hall–Kier alpha value is -1.09. The Kier molecular flexibility index (Phi) is 3.21. The number of hydrogen-bond donors (Lipinski definition) is 1. The zero-order valence-corrected chi connectivity index (χ0v) is 9.53. The van der Waals surface area contributed by atoms with E-state index in [1.165, 1.54) is 12.0 Å². The number of nitrogens with one attached hydrogen (secondary N) is 1. The molecule has 1 aliphatic rings. The van der Waals surface area contributed by atoms with Crippen molar-refractivity contribution in [3.8, 4) is 0 Å². The molecule has 0 aromatic carbocycles. The van der Waals surface area contributed by atoms with Gasteiger partial charge in [-0.3, -0.25) is 0 Å². The van der Waals surface area contributed by atoms with Crippen LogP contribution >= 0.6 is 0 Å². The van der Waals surface area contributed by atoms with E-state index in [9.17, 15) is 0 Å². The molecular formula is C12H19N3. The maximum absolute atomic E-state index is 4.44. The monoisotopic (exact) mass is 205 g/mol. The molecule has 1 unspecified atom stereocenters. The van der Waals surface area contributed by atoms with Gasteiger partial charge in [0.05, 0.1) is 0 Å². The second-order valence-corrected chi connectivity index (χ2v) is 4.39. The molecule has 1 aliphatic heterocycles. The zero-order chi connectivity index (χ0) is 10.7. The van der Waals surface area contributed by atoms with Gasteiger partial charge < -0.3 is 10.2 Å². The predicted molar refractivity (Wildman–Crippen MR) is 63.0 cm³/mol. The molecular weight excluding hydrogens is 186 g/mol. The molecule has 2 heterocycles. The average Bonchev–Trinajstić information content (AvgIpc) is 2.66. The summed E-state index contributed by atoms with van der Waals surface area (Å²) in [7, 11) is 1.97. The van der Waals surface area contributed by atoms with Gasteiger partial charge in [0.2, 0.25) is 0 Å². The van der Waals surface area contributed by atoms with Gasteiger partial charge in [-0.1, -0.05) is 6.92 Å². The molecule has 0 bridgehead atoms. The molecule has 0 amide bonds. The minimum Gasteiger partial charge on any atom is -0.356 e. The summed E-state index contributed by atoms with van der Waals surface area (Å²) < 4.78 is 0. The fourth-order valence-corrected chi connectivity index (χ4v) is 2.09. The Labute approximate surface area is 91.5 Å². The molecule has 3 nitrogen and oxygen atoms in total. The van der Waals surface area contributed by atoms with Crippen molar-refractivity contribution < 1.29 is 0 Å². The SMILES string of the molecule is CNCc1ccnc(N2CCC(C)C2)c1. The maximum atomic E-state index is 4.44.